The van der Waals surface area contributed by atoms with Crippen LogP contribution in [0.5, 0.6) is 0 Å². The van der Waals surface area contributed by atoms with Gasteiger partial charge in [0, 0.05) is 7.05 Å². The van der Waals surface area contributed by atoms with Crippen molar-refractivity contribution in [2.45, 2.75) is 25.8 Å². The third kappa shape index (κ3) is 2.99. The molecular weight excluding hydrogens is 260 g/mol. The van der Waals surface area contributed by atoms with Gasteiger partial charge in [-0.3, -0.25) is 0 Å². The summed E-state index contributed by atoms with van der Waals surface area (Å²) in [5.74, 6) is 1.12. The first-order chi connectivity index (χ1) is 9.60. The highest BCUT2D eigenvalue weighted by molar-refractivity contribution is 5.39. The SMILES string of the molecule is CCC(C)(CO)Nc1nc(NC)nc(-n2cncn2)n1. The highest BCUT2D eigenvalue weighted by Crippen LogP contribution is 2.16. The van der Waals surface area contributed by atoms with Crippen LogP contribution >= 0.6 is 0 Å². The topological polar surface area (TPSA) is 114 Å². The molecule has 0 radical (unpaired) electrons. The second-order valence-corrected chi connectivity index (χ2v) is 4.57. The van der Waals surface area contributed by atoms with Crippen LogP contribution in [-0.2, 0) is 0 Å². The summed E-state index contributed by atoms with van der Waals surface area (Å²) >= 11 is 0. The van der Waals surface area contributed by atoms with Crippen molar-refractivity contribution < 1.29 is 5.11 Å². The normalized spacial score (nSPS) is 13.8. The Morgan fingerprint density at radius 3 is 2.60 bits per heavy atom. The Bertz CT molecular complexity index is 552. The molecule has 3 N–H and O–H groups in total. The van der Waals surface area contributed by atoms with Gasteiger partial charge < -0.3 is 15.7 Å². The van der Waals surface area contributed by atoms with Gasteiger partial charge in [0.15, 0.2) is 0 Å². The summed E-state index contributed by atoms with van der Waals surface area (Å²) in [4.78, 5) is 16.6. The Labute approximate surface area is 116 Å². The molecule has 9 nitrogen and oxygen atoms in total. The first kappa shape index (κ1) is 14.1. The lowest BCUT2D eigenvalue weighted by molar-refractivity contribution is 0.218. The maximum atomic E-state index is 9.45. The number of anilines is 2. The summed E-state index contributed by atoms with van der Waals surface area (Å²) < 4.78 is 1.44. The minimum absolute atomic E-state index is 0.0251. The van der Waals surface area contributed by atoms with Crippen LogP contribution in [0.3, 0.4) is 0 Å². The zero-order valence-electron chi connectivity index (χ0n) is 11.7. The van der Waals surface area contributed by atoms with Crippen molar-refractivity contribution in [3.05, 3.63) is 12.7 Å². The number of nitrogens with zero attached hydrogens (tertiary/aromatic N) is 6. The van der Waals surface area contributed by atoms with Gasteiger partial charge in [-0.25, -0.2) is 4.98 Å². The maximum Gasteiger partial charge on any atom is 0.258 e. The third-order valence-corrected chi connectivity index (χ3v) is 3.01. The van der Waals surface area contributed by atoms with Gasteiger partial charge in [-0.05, 0) is 13.3 Å². The standard InChI is InChI=1S/C11H18N8O/c1-4-11(2,5-20)18-9-15-8(12-3)16-10(17-9)19-7-13-6-14-19/h6-7,20H,4-5H2,1-3H3,(H2,12,15,16,17,18). The highest BCUT2D eigenvalue weighted by Gasteiger charge is 2.22. The molecule has 0 aliphatic heterocycles. The number of hydrogen-bond donors (Lipinski definition) is 3. The zero-order valence-corrected chi connectivity index (χ0v) is 11.7. The second-order valence-electron chi connectivity index (χ2n) is 4.57. The van der Waals surface area contributed by atoms with Gasteiger partial charge in [0.05, 0.1) is 12.1 Å². The van der Waals surface area contributed by atoms with Crippen molar-refractivity contribution in [2.24, 2.45) is 0 Å². The van der Waals surface area contributed by atoms with E-state index in [2.05, 4.69) is 35.7 Å². The molecule has 0 spiro atoms. The van der Waals surface area contributed by atoms with Gasteiger partial charge in [0.25, 0.3) is 5.95 Å². The lowest BCUT2D eigenvalue weighted by atomic mass is 10.0. The van der Waals surface area contributed by atoms with E-state index < -0.39 is 5.54 Å². The van der Waals surface area contributed by atoms with Crippen LogP contribution in [0.2, 0.25) is 0 Å². The molecule has 0 fully saturated rings. The fourth-order valence-electron chi connectivity index (χ4n) is 1.46. The molecule has 1 unspecified atom stereocenters. The molecule has 0 amide bonds. The molecule has 2 heterocycles. The van der Waals surface area contributed by atoms with E-state index in [1.165, 1.54) is 17.3 Å². The maximum absolute atomic E-state index is 9.45. The molecule has 1 atom stereocenters. The lowest BCUT2D eigenvalue weighted by Crippen LogP contribution is -2.38. The Kier molecular flexibility index (Phi) is 4.08. The second kappa shape index (κ2) is 5.78. The van der Waals surface area contributed by atoms with Crippen molar-refractivity contribution in [2.75, 3.05) is 24.3 Å². The Morgan fingerprint density at radius 2 is 2.05 bits per heavy atom. The van der Waals surface area contributed by atoms with Crippen LogP contribution in [-0.4, -0.2) is 54.0 Å². The summed E-state index contributed by atoms with van der Waals surface area (Å²) in [5, 5.41) is 19.4. The predicted octanol–water partition coefficient (Wildman–Crippen LogP) is 0.0669. The molecule has 108 valence electrons. The van der Waals surface area contributed by atoms with Crippen molar-refractivity contribution in [3.63, 3.8) is 0 Å². The van der Waals surface area contributed by atoms with Crippen LogP contribution < -0.4 is 10.6 Å². The molecule has 9 heteroatoms. The van der Waals surface area contributed by atoms with Crippen LogP contribution in [0.1, 0.15) is 20.3 Å². The van der Waals surface area contributed by atoms with Crippen molar-refractivity contribution in [3.8, 4) is 5.95 Å². The Balaban J connectivity index is 2.36. The number of aromatic nitrogens is 6. The number of hydrogen-bond acceptors (Lipinski definition) is 8. The van der Waals surface area contributed by atoms with Crippen molar-refractivity contribution >= 4 is 11.9 Å². The quantitative estimate of drug-likeness (QED) is 0.680. The molecule has 0 aliphatic rings. The molecular formula is C11H18N8O. The lowest BCUT2D eigenvalue weighted by Gasteiger charge is -2.27. The molecule has 2 aromatic rings. The predicted molar refractivity (Wildman–Crippen MR) is 73.7 cm³/mol. The van der Waals surface area contributed by atoms with E-state index in [4.69, 9.17) is 0 Å². The molecule has 0 aromatic carbocycles. The Morgan fingerprint density at radius 1 is 1.30 bits per heavy atom. The van der Waals surface area contributed by atoms with E-state index >= 15 is 0 Å². The van der Waals surface area contributed by atoms with Crippen LogP contribution in [0.4, 0.5) is 11.9 Å². The molecule has 20 heavy (non-hydrogen) atoms. The average Bonchev–Trinajstić information content (AvgIpc) is 3.01. The number of aliphatic hydroxyl groups is 1. The highest BCUT2D eigenvalue weighted by atomic mass is 16.3. The average molecular weight is 278 g/mol. The van der Waals surface area contributed by atoms with E-state index in [-0.39, 0.29) is 6.61 Å². The fourth-order valence-corrected chi connectivity index (χ4v) is 1.46. The van der Waals surface area contributed by atoms with Gasteiger partial charge in [0.2, 0.25) is 11.9 Å². The molecule has 0 bridgehead atoms. The van der Waals surface area contributed by atoms with Crippen molar-refractivity contribution in [1.29, 1.82) is 0 Å². The molecule has 2 rings (SSSR count). The summed E-state index contributed by atoms with van der Waals surface area (Å²) in [5.41, 5.74) is -0.494. The molecule has 0 saturated heterocycles. The molecule has 0 aliphatic carbocycles. The van der Waals surface area contributed by atoms with Gasteiger partial charge >= 0.3 is 0 Å². The fraction of sp³-hybridized carbons (Fsp3) is 0.545. The van der Waals surface area contributed by atoms with E-state index in [1.807, 2.05) is 13.8 Å². The van der Waals surface area contributed by atoms with E-state index in [1.54, 1.807) is 7.05 Å². The minimum atomic E-state index is -0.494. The molecule has 2 aromatic heterocycles. The molecule has 0 saturated carbocycles. The minimum Gasteiger partial charge on any atom is -0.394 e. The first-order valence-corrected chi connectivity index (χ1v) is 6.28. The van der Waals surface area contributed by atoms with E-state index in [0.29, 0.717) is 17.8 Å². The summed E-state index contributed by atoms with van der Waals surface area (Å²) in [6.07, 6.45) is 3.63. The van der Waals surface area contributed by atoms with Gasteiger partial charge in [-0.2, -0.15) is 24.7 Å². The van der Waals surface area contributed by atoms with E-state index in [0.717, 1.165) is 6.42 Å². The van der Waals surface area contributed by atoms with Crippen LogP contribution in [0.25, 0.3) is 5.95 Å². The first-order valence-electron chi connectivity index (χ1n) is 6.28. The van der Waals surface area contributed by atoms with E-state index in [9.17, 15) is 5.11 Å². The Hall–Kier alpha value is -2.29. The van der Waals surface area contributed by atoms with Gasteiger partial charge in [0.1, 0.15) is 12.7 Å². The van der Waals surface area contributed by atoms with Crippen LogP contribution in [0.15, 0.2) is 12.7 Å². The monoisotopic (exact) mass is 278 g/mol. The van der Waals surface area contributed by atoms with Gasteiger partial charge in [-0.1, -0.05) is 6.92 Å². The largest absolute Gasteiger partial charge is 0.394 e. The number of rotatable bonds is 6. The third-order valence-electron chi connectivity index (χ3n) is 3.01. The number of aliphatic hydroxyl groups excluding tert-OH is 1. The van der Waals surface area contributed by atoms with Crippen LogP contribution in [0, 0.1) is 0 Å². The summed E-state index contributed by atoms with van der Waals surface area (Å²) in [7, 11) is 1.72. The summed E-state index contributed by atoms with van der Waals surface area (Å²) in [6.45, 7) is 3.84. The smallest absolute Gasteiger partial charge is 0.258 e. The zero-order chi connectivity index (χ0) is 14.6. The summed E-state index contributed by atoms with van der Waals surface area (Å²) in [6, 6.07) is 0. The number of nitrogens with one attached hydrogen (secondary N) is 2. The van der Waals surface area contributed by atoms with Crippen molar-refractivity contribution in [1.82, 2.24) is 29.7 Å². The van der Waals surface area contributed by atoms with Gasteiger partial charge in [-0.15, -0.1) is 0 Å².